The van der Waals surface area contributed by atoms with Crippen LogP contribution in [-0.4, -0.2) is 43.0 Å². The Morgan fingerprint density at radius 3 is 2.63 bits per heavy atom. The van der Waals surface area contributed by atoms with Gasteiger partial charge in [0.2, 0.25) is 5.91 Å². The highest BCUT2D eigenvalue weighted by Crippen LogP contribution is 2.27. The van der Waals surface area contributed by atoms with Crippen molar-refractivity contribution >= 4 is 29.2 Å². The number of amidine groups is 1. The molecule has 0 unspecified atom stereocenters. The third-order valence-corrected chi connectivity index (χ3v) is 4.17. The molecular weight excluding hydrogens is 354 g/mol. The summed E-state index contributed by atoms with van der Waals surface area (Å²) in [7, 11) is 1.53. The first-order valence-corrected chi connectivity index (χ1v) is 8.19. The maximum Gasteiger partial charge on any atom is 0.219 e. The number of halogens is 2. The average Bonchev–Trinajstić information content (AvgIpc) is 2.63. The molecular formula is C18H22F2N6O. The molecule has 144 valence electrons. The molecule has 6 N–H and O–H groups in total. The average molecular weight is 376 g/mol. The normalized spacial score (nSPS) is 16.4. The number of nitrogens with zero attached hydrogens (tertiary/aromatic N) is 3. The monoisotopic (exact) mass is 376 g/mol. The molecule has 0 atom stereocenters. The van der Waals surface area contributed by atoms with Crippen LogP contribution in [0.4, 0.5) is 14.5 Å². The highest BCUT2D eigenvalue weighted by atomic mass is 19.2. The van der Waals surface area contributed by atoms with Gasteiger partial charge in [0, 0.05) is 56.2 Å². The van der Waals surface area contributed by atoms with Crippen LogP contribution in [0.1, 0.15) is 18.9 Å². The molecule has 9 heteroatoms. The first-order chi connectivity index (χ1) is 12.8. The zero-order valence-electron chi connectivity index (χ0n) is 15.2. The summed E-state index contributed by atoms with van der Waals surface area (Å²) >= 11 is 0. The van der Waals surface area contributed by atoms with E-state index in [2.05, 4.69) is 9.98 Å². The first kappa shape index (κ1) is 20.1. The molecule has 0 saturated carbocycles. The molecule has 0 aliphatic carbocycles. The van der Waals surface area contributed by atoms with Gasteiger partial charge in [0.25, 0.3) is 0 Å². The quantitative estimate of drug-likeness (QED) is 0.543. The largest absolute Gasteiger partial charge is 0.404 e. The van der Waals surface area contributed by atoms with Crippen molar-refractivity contribution in [2.24, 2.45) is 27.2 Å². The van der Waals surface area contributed by atoms with E-state index in [1.807, 2.05) is 0 Å². The molecule has 27 heavy (non-hydrogen) atoms. The van der Waals surface area contributed by atoms with Crippen molar-refractivity contribution in [1.82, 2.24) is 4.90 Å². The number of nitrogens with two attached hydrogens (primary N) is 3. The van der Waals surface area contributed by atoms with Crippen LogP contribution in [0.25, 0.3) is 5.57 Å². The van der Waals surface area contributed by atoms with Crippen LogP contribution in [0.5, 0.6) is 0 Å². The molecule has 0 radical (unpaired) electrons. The molecule has 1 aliphatic rings. The van der Waals surface area contributed by atoms with Gasteiger partial charge < -0.3 is 22.1 Å². The van der Waals surface area contributed by atoms with Gasteiger partial charge in [-0.15, -0.1) is 0 Å². The highest BCUT2D eigenvalue weighted by molar-refractivity contribution is 6.10. The molecule has 0 spiro atoms. The Morgan fingerprint density at radius 1 is 1.33 bits per heavy atom. The SMILES string of the molecule is CN=CC(=CN)c1cc(F)c(F)c(N=C(N)C2=C(N)CCN(C(C)=O)C2)c1. The van der Waals surface area contributed by atoms with Gasteiger partial charge in [-0.2, -0.15) is 0 Å². The van der Waals surface area contributed by atoms with E-state index in [4.69, 9.17) is 17.2 Å². The summed E-state index contributed by atoms with van der Waals surface area (Å²) < 4.78 is 28.3. The lowest BCUT2D eigenvalue weighted by molar-refractivity contribution is -0.128. The van der Waals surface area contributed by atoms with Crippen LogP contribution in [0, 0.1) is 11.6 Å². The number of hydrogen-bond acceptors (Lipinski definition) is 5. The van der Waals surface area contributed by atoms with Crippen molar-refractivity contribution < 1.29 is 13.6 Å². The van der Waals surface area contributed by atoms with Crippen molar-refractivity contribution in [3.63, 3.8) is 0 Å². The van der Waals surface area contributed by atoms with E-state index in [1.54, 1.807) is 4.90 Å². The van der Waals surface area contributed by atoms with Gasteiger partial charge in [0.1, 0.15) is 11.5 Å². The number of carbonyl (C=O) groups excluding carboxylic acids is 1. The van der Waals surface area contributed by atoms with E-state index in [1.165, 1.54) is 32.5 Å². The second-order valence-electron chi connectivity index (χ2n) is 5.99. The number of aliphatic imine (C=N–C) groups is 2. The number of amides is 1. The Kier molecular flexibility index (Phi) is 6.27. The smallest absolute Gasteiger partial charge is 0.219 e. The molecule has 2 rings (SSSR count). The van der Waals surface area contributed by atoms with Crippen LogP contribution in [0.15, 0.2) is 39.6 Å². The van der Waals surface area contributed by atoms with Gasteiger partial charge in [-0.05, 0) is 17.7 Å². The predicted molar refractivity (Wildman–Crippen MR) is 102 cm³/mol. The summed E-state index contributed by atoms with van der Waals surface area (Å²) in [4.78, 5) is 21.0. The molecule has 1 aliphatic heterocycles. The number of benzene rings is 1. The Morgan fingerprint density at radius 2 is 2.04 bits per heavy atom. The Balaban J connectivity index is 2.48. The summed E-state index contributed by atoms with van der Waals surface area (Å²) in [6.07, 6.45) is 3.06. The molecule has 1 amide bonds. The van der Waals surface area contributed by atoms with Crippen LogP contribution < -0.4 is 17.2 Å². The predicted octanol–water partition coefficient (Wildman–Crippen LogP) is 1.42. The van der Waals surface area contributed by atoms with Crippen molar-refractivity contribution in [2.75, 3.05) is 20.1 Å². The Bertz CT molecular complexity index is 873. The third-order valence-electron chi connectivity index (χ3n) is 4.17. The van der Waals surface area contributed by atoms with E-state index in [-0.39, 0.29) is 24.0 Å². The molecule has 1 aromatic carbocycles. The van der Waals surface area contributed by atoms with Crippen LogP contribution in [0.3, 0.4) is 0 Å². The lowest BCUT2D eigenvalue weighted by atomic mass is 10.0. The second kappa shape index (κ2) is 8.43. The highest BCUT2D eigenvalue weighted by Gasteiger charge is 2.22. The van der Waals surface area contributed by atoms with E-state index < -0.39 is 11.6 Å². The molecule has 7 nitrogen and oxygen atoms in total. The second-order valence-corrected chi connectivity index (χ2v) is 5.99. The molecule has 1 aromatic rings. The minimum atomic E-state index is -1.15. The summed E-state index contributed by atoms with van der Waals surface area (Å²) in [5, 5.41) is 0. The van der Waals surface area contributed by atoms with E-state index >= 15 is 0 Å². The standard InChI is InChI=1S/C18H22F2N6O/c1-10(27)26-4-3-15(22)13(9-26)18(23)25-16-6-11(5-14(19)17(16)20)12(7-21)8-24-2/h5-8H,3-4,9,21-22H2,1-2H3,(H2,23,25). The molecule has 0 bridgehead atoms. The number of carbonyl (C=O) groups is 1. The maximum absolute atomic E-state index is 14.2. The van der Waals surface area contributed by atoms with Crippen molar-refractivity contribution in [3.8, 4) is 0 Å². The number of rotatable bonds is 4. The number of hydrogen-bond donors (Lipinski definition) is 3. The van der Waals surface area contributed by atoms with Crippen molar-refractivity contribution in [3.05, 3.63) is 46.8 Å². The van der Waals surface area contributed by atoms with Crippen molar-refractivity contribution in [2.45, 2.75) is 13.3 Å². The molecule has 0 aromatic heterocycles. The van der Waals surface area contributed by atoms with E-state index in [9.17, 15) is 13.6 Å². The zero-order valence-corrected chi connectivity index (χ0v) is 15.2. The summed E-state index contributed by atoms with van der Waals surface area (Å²) in [6.45, 7) is 2.06. The minimum absolute atomic E-state index is 0.0728. The number of allylic oxidation sites excluding steroid dienone is 1. The van der Waals surface area contributed by atoms with Gasteiger partial charge in [0.15, 0.2) is 11.6 Å². The van der Waals surface area contributed by atoms with Gasteiger partial charge in [0.05, 0.1) is 6.54 Å². The fourth-order valence-electron chi connectivity index (χ4n) is 2.66. The lowest BCUT2D eigenvalue weighted by Crippen LogP contribution is -2.40. The van der Waals surface area contributed by atoms with Crippen LogP contribution in [0.2, 0.25) is 0 Å². The Hall–Kier alpha value is -3.23. The fourth-order valence-corrected chi connectivity index (χ4v) is 2.66. The fraction of sp³-hybridized carbons (Fsp3) is 0.278. The van der Waals surface area contributed by atoms with Crippen LogP contribution >= 0.6 is 0 Å². The maximum atomic E-state index is 14.2. The van der Waals surface area contributed by atoms with Crippen LogP contribution in [-0.2, 0) is 4.79 Å². The van der Waals surface area contributed by atoms with E-state index in [0.29, 0.717) is 35.4 Å². The summed E-state index contributed by atoms with van der Waals surface area (Å²) in [5.41, 5.74) is 18.8. The topological polar surface area (TPSA) is 123 Å². The van der Waals surface area contributed by atoms with Gasteiger partial charge in [-0.1, -0.05) is 0 Å². The summed E-state index contributed by atoms with van der Waals surface area (Å²) in [5.74, 6) is -2.45. The van der Waals surface area contributed by atoms with Gasteiger partial charge in [-0.25, -0.2) is 13.8 Å². The first-order valence-electron chi connectivity index (χ1n) is 8.19. The van der Waals surface area contributed by atoms with Gasteiger partial charge >= 0.3 is 0 Å². The summed E-state index contributed by atoms with van der Waals surface area (Å²) in [6, 6.07) is 2.31. The van der Waals surface area contributed by atoms with Crippen molar-refractivity contribution in [1.29, 1.82) is 0 Å². The molecule has 1 heterocycles. The molecule has 0 saturated heterocycles. The minimum Gasteiger partial charge on any atom is -0.404 e. The Labute approximate surface area is 155 Å². The zero-order chi connectivity index (χ0) is 20.1. The third kappa shape index (κ3) is 4.49. The van der Waals surface area contributed by atoms with E-state index in [0.717, 1.165) is 6.07 Å². The molecule has 0 fully saturated rings. The van der Waals surface area contributed by atoms with Gasteiger partial charge in [-0.3, -0.25) is 9.79 Å². The lowest BCUT2D eigenvalue weighted by Gasteiger charge is -2.28.